The molecule has 28 heavy (non-hydrogen) atoms. The van der Waals surface area contributed by atoms with E-state index in [2.05, 4.69) is 60.6 Å². The lowest BCUT2D eigenvalue weighted by atomic mass is 10.1. The van der Waals surface area contributed by atoms with Crippen LogP contribution in [0.15, 0.2) is 29.3 Å². The third kappa shape index (κ3) is 6.82. The van der Waals surface area contributed by atoms with E-state index >= 15 is 0 Å². The van der Waals surface area contributed by atoms with Gasteiger partial charge in [0.25, 0.3) is 0 Å². The molecule has 1 heterocycles. The zero-order chi connectivity index (χ0) is 20.4. The molecule has 0 aromatic heterocycles. The summed E-state index contributed by atoms with van der Waals surface area (Å²) in [5.74, 6) is 1.06. The van der Waals surface area contributed by atoms with E-state index in [0.29, 0.717) is 13.0 Å². The minimum Gasteiger partial charge on any atom is -0.357 e. The SMILES string of the molecule is CCNC(=NCc1cccc(CN(CC)CC)c1)NC1CCN(C(=O)CC)C1. The number of nitrogens with one attached hydrogen (secondary N) is 2. The summed E-state index contributed by atoms with van der Waals surface area (Å²) in [7, 11) is 0. The van der Waals surface area contributed by atoms with E-state index in [1.807, 2.05) is 11.8 Å². The van der Waals surface area contributed by atoms with Crippen molar-refractivity contribution in [1.82, 2.24) is 20.4 Å². The van der Waals surface area contributed by atoms with Crippen molar-refractivity contribution in [1.29, 1.82) is 0 Å². The van der Waals surface area contributed by atoms with Gasteiger partial charge in [-0.2, -0.15) is 0 Å². The van der Waals surface area contributed by atoms with E-state index < -0.39 is 0 Å². The quantitative estimate of drug-likeness (QED) is 0.505. The van der Waals surface area contributed by atoms with Crippen LogP contribution in [0.1, 0.15) is 51.7 Å². The summed E-state index contributed by atoms with van der Waals surface area (Å²) in [4.78, 5) is 21.0. The highest BCUT2D eigenvalue weighted by molar-refractivity contribution is 5.80. The minimum atomic E-state index is 0.233. The molecule has 1 aromatic carbocycles. The van der Waals surface area contributed by atoms with Gasteiger partial charge in [0.1, 0.15) is 0 Å². The first kappa shape index (κ1) is 22.2. The molecule has 1 aromatic rings. The summed E-state index contributed by atoms with van der Waals surface area (Å²) >= 11 is 0. The molecule has 1 atom stereocenters. The smallest absolute Gasteiger partial charge is 0.222 e. The first-order valence-corrected chi connectivity index (χ1v) is 10.7. The van der Waals surface area contributed by atoms with Gasteiger partial charge in [0.2, 0.25) is 5.91 Å². The maximum absolute atomic E-state index is 11.9. The fourth-order valence-corrected chi connectivity index (χ4v) is 3.54. The fourth-order valence-electron chi connectivity index (χ4n) is 3.54. The van der Waals surface area contributed by atoms with E-state index in [0.717, 1.165) is 51.6 Å². The highest BCUT2D eigenvalue weighted by Crippen LogP contribution is 2.12. The molecule has 156 valence electrons. The largest absolute Gasteiger partial charge is 0.357 e. The summed E-state index contributed by atoms with van der Waals surface area (Å²) in [5.41, 5.74) is 2.55. The predicted molar refractivity (Wildman–Crippen MR) is 116 cm³/mol. The van der Waals surface area contributed by atoms with Crippen LogP contribution in [0.25, 0.3) is 0 Å². The zero-order valence-electron chi connectivity index (χ0n) is 18.0. The summed E-state index contributed by atoms with van der Waals surface area (Å²) in [6.45, 7) is 14.5. The number of aliphatic imine (C=N–C) groups is 1. The monoisotopic (exact) mass is 387 g/mol. The molecular formula is C22H37N5O. The van der Waals surface area contributed by atoms with Gasteiger partial charge in [0.05, 0.1) is 6.54 Å². The number of guanidine groups is 1. The van der Waals surface area contributed by atoms with Crippen LogP contribution in [-0.4, -0.2) is 60.4 Å². The number of likely N-dealkylation sites (tertiary alicyclic amines) is 1. The Morgan fingerprint density at radius 3 is 2.64 bits per heavy atom. The Morgan fingerprint density at radius 2 is 1.96 bits per heavy atom. The van der Waals surface area contributed by atoms with Gasteiger partial charge in [-0.25, -0.2) is 4.99 Å². The lowest BCUT2D eigenvalue weighted by Gasteiger charge is -2.19. The number of nitrogens with zero attached hydrogens (tertiary/aromatic N) is 3. The van der Waals surface area contributed by atoms with Crippen molar-refractivity contribution in [3.8, 4) is 0 Å². The van der Waals surface area contributed by atoms with Crippen LogP contribution in [0.3, 0.4) is 0 Å². The van der Waals surface area contributed by atoms with Gasteiger partial charge in [-0.05, 0) is 37.6 Å². The minimum absolute atomic E-state index is 0.233. The second-order valence-corrected chi connectivity index (χ2v) is 7.30. The number of hydrogen-bond acceptors (Lipinski definition) is 3. The molecule has 1 unspecified atom stereocenters. The number of carbonyl (C=O) groups excluding carboxylic acids is 1. The molecule has 0 radical (unpaired) electrons. The molecule has 0 aliphatic carbocycles. The maximum atomic E-state index is 11.9. The van der Waals surface area contributed by atoms with Crippen LogP contribution >= 0.6 is 0 Å². The number of hydrogen-bond donors (Lipinski definition) is 2. The molecule has 2 rings (SSSR count). The second-order valence-electron chi connectivity index (χ2n) is 7.30. The molecule has 6 nitrogen and oxygen atoms in total. The Kier molecular flexibility index (Phi) is 9.28. The highest BCUT2D eigenvalue weighted by atomic mass is 16.2. The normalized spacial score (nSPS) is 17.2. The summed E-state index contributed by atoms with van der Waals surface area (Å²) in [5, 5.41) is 6.83. The van der Waals surface area contributed by atoms with Crippen LogP contribution in [0.2, 0.25) is 0 Å². The van der Waals surface area contributed by atoms with Gasteiger partial charge >= 0.3 is 0 Å². The average Bonchev–Trinajstić information content (AvgIpc) is 3.18. The molecule has 1 amide bonds. The van der Waals surface area contributed by atoms with E-state index in [-0.39, 0.29) is 11.9 Å². The Balaban J connectivity index is 1.96. The van der Waals surface area contributed by atoms with Crippen molar-refractivity contribution in [2.75, 3.05) is 32.7 Å². The molecule has 6 heteroatoms. The highest BCUT2D eigenvalue weighted by Gasteiger charge is 2.25. The molecule has 2 N–H and O–H groups in total. The van der Waals surface area contributed by atoms with Gasteiger partial charge in [0, 0.05) is 38.6 Å². The summed E-state index contributed by atoms with van der Waals surface area (Å²) in [6, 6.07) is 8.96. The summed E-state index contributed by atoms with van der Waals surface area (Å²) in [6.07, 6.45) is 1.54. The van der Waals surface area contributed by atoms with Gasteiger partial charge in [0.15, 0.2) is 5.96 Å². The van der Waals surface area contributed by atoms with Gasteiger partial charge in [-0.3, -0.25) is 9.69 Å². The van der Waals surface area contributed by atoms with Crippen molar-refractivity contribution in [3.05, 3.63) is 35.4 Å². The molecule has 1 aliphatic rings. The van der Waals surface area contributed by atoms with Gasteiger partial charge < -0.3 is 15.5 Å². The standard InChI is InChI=1S/C22H37N5O/c1-5-21(28)27-13-12-20(17-27)25-22(23-6-2)24-15-18-10-9-11-19(14-18)16-26(7-3)8-4/h9-11,14,20H,5-8,12-13,15-17H2,1-4H3,(H2,23,24,25). The zero-order valence-corrected chi connectivity index (χ0v) is 18.0. The van der Waals surface area contributed by atoms with Crippen molar-refractivity contribution in [2.24, 2.45) is 4.99 Å². The molecule has 0 bridgehead atoms. The number of carbonyl (C=O) groups is 1. The topological polar surface area (TPSA) is 60.0 Å². The van der Waals surface area contributed by atoms with Crippen LogP contribution < -0.4 is 10.6 Å². The molecular weight excluding hydrogens is 350 g/mol. The lowest BCUT2D eigenvalue weighted by Crippen LogP contribution is -2.45. The molecule has 0 saturated carbocycles. The van der Waals surface area contributed by atoms with Crippen molar-refractivity contribution < 1.29 is 4.79 Å². The third-order valence-electron chi connectivity index (χ3n) is 5.24. The fraction of sp³-hybridized carbons (Fsp3) is 0.636. The molecule has 1 saturated heterocycles. The Bertz CT molecular complexity index is 642. The predicted octanol–water partition coefficient (Wildman–Crippen LogP) is 2.59. The van der Waals surface area contributed by atoms with E-state index in [4.69, 9.17) is 4.99 Å². The van der Waals surface area contributed by atoms with Crippen LogP contribution in [-0.2, 0) is 17.9 Å². The van der Waals surface area contributed by atoms with E-state index in [1.54, 1.807) is 0 Å². The van der Waals surface area contributed by atoms with Crippen molar-refractivity contribution >= 4 is 11.9 Å². The lowest BCUT2D eigenvalue weighted by molar-refractivity contribution is -0.129. The van der Waals surface area contributed by atoms with Crippen LogP contribution in [0.4, 0.5) is 0 Å². The number of amides is 1. The Morgan fingerprint density at radius 1 is 1.21 bits per heavy atom. The molecule has 0 spiro atoms. The number of benzene rings is 1. The van der Waals surface area contributed by atoms with E-state index in [1.165, 1.54) is 11.1 Å². The first-order valence-electron chi connectivity index (χ1n) is 10.7. The number of rotatable bonds is 9. The van der Waals surface area contributed by atoms with E-state index in [9.17, 15) is 4.79 Å². The molecule has 1 aliphatic heterocycles. The summed E-state index contributed by atoms with van der Waals surface area (Å²) < 4.78 is 0. The van der Waals surface area contributed by atoms with Crippen molar-refractivity contribution in [2.45, 2.75) is 59.7 Å². The van der Waals surface area contributed by atoms with Crippen LogP contribution in [0, 0.1) is 0 Å². The Labute approximate surface area is 170 Å². The molecule has 1 fully saturated rings. The first-order chi connectivity index (χ1) is 13.6. The Hall–Kier alpha value is -2.08. The third-order valence-corrected chi connectivity index (χ3v) is 5.24. The van der Waals surface area contributed by atoms with Crippen LogP contribution in [0.5, 0.6) is 0 Å². The van der Waals surface area contributed by atoms with Crippen molar-refractivity contribution in [3.63, 3.8) is 0 Å². The van der Waals surface area contributed by atoms with Gasteiger partial charge in [-0.1, -0.05) is 45.0 Å². The second kappa shape index (κ2) is 11.7. The average molecular weight is 388 g/mol. The van der Waals surface area contributed by atoms with Gasteiger partial charge in [-0.15, -0.1) is 0 Å². The maximum Gasteiger partial charge on any atom is 0.222 e.